The van der Waals surface area contributed by atoms with Crippen molar-refractivity contribution in [2.24, 2.45) is 0 Å². The van der Waals surface area contributed by atoms with Gasteiger partial charge in [0.2, 0.25) is 7.37 Å². The molecule has 1 heterocycles. The molecule has 5 nitrogen and oxygen atoms in total. The van der Waals surface area contributed by atoms with Crippen LogP contribution in [0.3, 0.4) is 0 Å². The summed E-state index contributed by atoms with van der Waals surface area (Å²) in [5.74, 6) is 0. The van der Waals surface area contributed by atoms with Gasteiger partial charge in [-0.05, 0) is 12.8 Å². The largest absolute Gasteiger partial charge is 0.329 e. The fraction of sp³-hybridized carbons (Fsp3) is 0.727. The predicted octanol–water partition coefficient (Wildman–Crippen LogP) is 1.86. The third-order valence-electron chi connectivity index (χ3n) is 3.50. The lowest BCUT2D eigenvalue weighted by atomic mass is 9.96. The van der Waals surface area contributed by atoms with Crippen molar-refractivity contribution in [1.82, 2.24) is 9.78 Å². The standard InChI is InChI=1S/C11H19N2O3P/c1-16-17(2,15)10-8-12-13(11(10)14)9-6-4-3-5-7-9/h8-9,12H,3-7H2,1-2H3. The molecule has 1 atom stereocenters. The molecule has 2 rings (SSSR count). The van der Waals surface area contributed by atoms with E-state index in [2.05, 4.69) is 5.10 Å². The number of rotatable bonds is 3. The van der Waals surface area contributed by atoms with Gasteiger partial charge < -0.3 is 9.62 Å². The van der Waals surface area contributed by atoms with Crippen LogP contribution in [0.5, 0.6) is 0 Å². The Hall–Kier alpha value is -0.800. The molecular formula is C11H19N2O3P. The van der Waals surface area contributed by atoms with Crippen LogP contribution < -0.4 is 10.9 Å². The van der Waals surface area contributed by atoms with Crippen molar-refractivity contribution in [2.45, 2.75) is 38.1 Å². The van der Waals surface area contributed by atoms with E-state index in [1.165, 1.54) is 26.4 Å². The van der Waals surface area contributed by atoms with Crippen LogP contribution in [0.15, 0.2) is 11.0 Å². The van der Waals surface area contributed by atoms with Gasteiger partial charge in [0.05, 0.1) is 6.04 Å². The first kappa shape index (κ1) is 12.7. The summed E-state index contributed by atoms with van der Waals surface area (Å²) in [7, 11) is -1.59. The van der Waals surface area contributed by atoms with Crippen molar-refractivity contribution in [2.75, 3.05) is 13.8 Å². The maximum absolute atomic E-state index is 12.2. The van der Waals surface area contributed by atoms with E-state index in [-0.39, 0.29) is 16.9 Å². The van der Waals surface area contributed by atoms with Gasteiger partial charge in [-0.2, -0.15) is 0 Å². The van der Waals surface area contributed by atoms with Crippen LogP contribution in [0.2, 0.25) is 0 Å². The van der Waals surface area contributed by atoms with E-state index in [9.17, 15) is 9.36 Å². The number of aromatic nitrogens is 2. The van der Waals surface area contributed by atoms with Gasteiger partial charge in [0.25, 0.3) is 5.56 Å². The van der Waals surface area contributed by atoms with Crippen LogP contribution in [0.1, 0.15) is 38.1 Å². The summed E-state index contributed by atoms with van der Waals surface area (Å²) < 4.78 is 18.6. The van der Waals surface area contributed by atoms with Crippen LogP contribution in [0, 0.1) is 0 Å². The molecule has 1 aliphatic rings. The lowest BCUT2D eigenvalue weighted by molar-refractivity contribution is 0.323. The zero-order valence-electron chi connectivity index (χ0n) is 10.3. The highest BCUT2D eigenvalue weighted by molar-refractivity contribution is 7.66. The van der Waals surface area contributed by atoms with E-state index < -0.39 is 7.37 Å². The molecule has 17 heavy (non-hydrogen) atoms. The molecule has 0 spiro atoms. The summed E-state index contributed by atoms with van der Waals surface area (Å²) in [5.41, 5.74) is -0.190. The Balaban J connectivity index is 2.32. The fourth-order valence-electron chi connectivity index (χ4n) is 2.37. The molecule has 1 aliphatic carbocycles. The first-order chi connectivity index (χ1) is 8.06. The second kappa shape index (κ2) is 4.83. The lowest BCUT2D eigenvalue weighted by Crippen LogP contribution is -2.31. The molecule has 0 bridgehead atoms. The topological polar surface area (TPSA) is 64.1 Å². The van der Waals surface area contributed by atoms with Crippen LogP contribution in [-0.4, -0.2) is 23.6 Å². The van der Waals surface area contributed by atoms with Crippen molar-refractivity contribution in [3.05, 3.63) is 16.6 Å². The van der Waals surface area contributed by atoms with Gasteiger partial charge in [-0.1, -0.05) is 19.3 Å². The molecule has 0 radical (unpaired) electrons. The average Bonchev–Trinajstić information content (AvgIpc) is 2.73. The molecule has 0 aromatic carbocycles. The minimum atomic E-state index is -2.96. The molecule has 1 unspecified atom stereocenters. The Bertz CT molecular complexity index is 485. The maximum atomic E-state index is 12.2. The highest BCUT2D eigenvalue weighted by Gasteiger charge is 2.26. The van der Waals surface area contributed by atoms with E-state index in [1.54, 1.807) is 4.68 Å². The van der Waals surface area contributed by atoms with Crippen molar-refractivity contribution in [1.29, 1.82) is 0 Å². The van der Waals surface area contributed by atoms with E-state index in [0.717, 1.165) is 25.7 Å². The van der Waals surface area contributed by atoms with Crippen LogP contribution >= 0.6 is 7.37 Å². The number of hydrogen-bond acceptors (Lipinski definition) is 3. The smallest absolute Gasteiger partial charge is 0.279 e. The third-order valence-corrected chi connectivity index (χ3v) is 5.40. The van der Waals surface area contributed by atoms with Gasteiger partial charge in [0, 0.05) is 20.0 Å². The fourth-order valence-corrected chi connectivity index (χ4v) is 3.32. The van der Waals surface area contributed by atoms with Crippen LogP contribution in [-0.2, 0) is 9.09 Å². The molecule has 1 fully saturated rings. The second-order valence-electron chi connectivity index (χ2n) is 4.65. The number of nitrogens with zero attached hydrogens (tertiary/aromatic N) is 1. The van der Waals surface area contributed by atoms with Crippen molar-refractivity contribution in [3.8, 4) is 0 Å². The summed E-state index contributed by atoms with van der Waals surface area (Å²) in [6.45, 7) is 1.47. The maximum Gasteiger partial charge on any atom is 0.279 e. The Morgan fingerprint density at radius 2 is 2.06 bits per heavy atom. The average molecular weight is 258 g/mol. The highest BCUT2D eigenvalue weighted by atomic mass is 31.2. The SMILES string of the molecule is COP(C)(=O)c1c[nH]n(C2CCCCC2)c1=O. The summed E-state index contributed by atoms with van der Waals surface area (Å²) in [6.07, 6.45) is 7.10. The number of hydrogen-bond donors (Lipinski definition) is 1. The molecule has 96 valence electrons. The molecule has 0 amide bonds. The van der Waals surface area contributed by atoms with Crippen molar-refractivity contribution in [3.63, 3.8) is 0 Å². The molecular weight excluding hydrogens is 239 g/mol. The van der Waals surface area contributed by atoms with E-state index in [4.69, 9.17) is 4.52 Å². The van der Waals surface area contributed by atoms with Crippen molar-refractivity contribution < 1.29 is 9.09 Å². The highest BCUT2D eigenvalue weighted by Crippen LogP contribution is 2.38. The van der Waals surface area contributed by atoms with Gasteiger partial charge >= 0.3 is 0 Å². The van der Waals surface area contributed by atoms with Crippen LogP contribution in [0.4, 0.5) is 0 Å². The number of aromatic amines is 1. The Morgan fingerprint density at radius 3 is 2.65 bits per heavy atom. The molecule has 0 saturated heterocycles. The van der Waals surface area contributed by atoms with Gasteiger partial charge in [-0.15, -0.1) is 0 Å². The molecule has 1 N–H and O–H groups in total. The van der Waals surface area contributed by atoms with E-state index in [1.807, 2.05) is 0 Å². The summed E-state index contributed by atoms with van der Waals surface area (Å²) >= 11 is 0. The lowest BCUT2D eigenvalue weighted by Gasteiger charge is -2.21. The Morgan fingerprint density at radius 1 is 1.41 bits per heavy atom. The Labute approximate surface area is 101 Å². The van der Waals surface area contributed by atoms with Gasteiger partial charge in [0.1, 0.15) is 5.30 Å². The van der Waals surface area contributed by atoms with Crippen LogP contribution in [0.25, 0.3) is 0 Å². The normalized spacial score (nSPS) is 21.3. The zero-order valence-corrected chi connectivity index (χ0v) is 11.2. The predicted molar refractivity (Wildman–Crippen MR) is 67.3 cm³/mol. The first-order valence-corrected chi connectivity index (χ1v) is 8.07. The van der Waals surface area contributed by atoms with Gasteiger partial charge in [-0.25, -0.2) is 4.68 Å². The third kappa shape index (κ3) is 2.40. The first-order valence-electron chi connectivity index (χ1n) is 6.00. The number of H-pyrrole nitrogens is 1. The van der Waals surface area contributed by atoms with Crippen molar-refractivity contribution >= 4 is 12.7 Å². The Kier molecular flexibility index (Phi) is 3.59. The second-order valence-corrected chi connectivity index (χ2v) is 7.19. The summed E-state index contributed by atoms with van der Waals surface area (Å²) in [6, 6.07) is 0.224. The summed E-state index contributed by atoms with van der Waals surface area (Å²) in [4.78, 5) is 12.2. The quantitative estimate of drug-likeness (QED) is 0.842. The molecule has 1 aromatic heterocycles. The molecule has 1 saturated carbocycles. The van der Waals surface area contributed by atoms with E-state index >= 15 is 0 Å². The van der Waals surface area contributed by atoms with Gasteiger partial charge in [-0.3, -0.25) is 9.36 Å². The molecule has 6 heteroatoms. The summed E-state index contributed by atoms with van der Waals surface area (Å²) in [5, 5.41) is 3.21. The number of nitrogens with one attached hydrogen (secondary N) is 1. The monoisotopic (exact) mass is 258 g/mol. The molecule has 0 aliphatic heterocycles. The minimum Gasteiger partial charge on any atom is -0.329 e. The zero-order chi connectivity index (χ0) is 12.5. The van der Waals surface area contributed by atoms with E-state index in [0.29, 0.717) is 0 Å². The minimum absolute atomic E-state index is 0.190. The molecule has 1 aromatic rings. The van der Waals surface area contributed by atoms with Gasteiger partial charge in [0.15, 0.2) is 0 Å².